The topological polar surface area (TPSA) is 29.3 Å². The second-order valence-corrected chi connectivity index (χ2v) is 8.85. The number of nitrogens with two attached hydrogens (primary N) is 1. The Hall–Kier alpha value is 0.270. The molecule has 2 nitrogen and oxygen atoms in total. The van der Waals surface area contributed by atoms with Gasteiger partial charge in [0.15, 0.2) is 0 Å². The number of hydrogen-bond donors (Lipinski definition) is 1. The third kappa shape index (κ3) is 3.30. The SMILES string of the molecule is CN(C1CCSC1)C1(CN)CCC(C(C)(C)C)CC1. The second kappa shape index (κ2) is 5.95. The highest BCUT2D eigenvalue weighted by Crippen LogP contribution is 2.44. The predicted octanol–water partition coefficient (Wildman–Crippen LogP) is 3.36. The first-order chi connectivity index (χ1) is 8.89. The fourth-order valence-corrected chi connectivity index (χ4v) is 5.20. The lowest BCUT2D eigenvalue weighted by Crippen LogP contribution is -2.58. The van der Waals surface area contributed by atoms with Crippen molar-refractivity contribution in [3.05, 3.63) is 0 Å². The van der Waals surface area contributed by atoms with Crippen LogP contribution in [0.25, 0.3) is 0 Å². The van der Waals surface area contributed by atoms with Gasteiger partial charge in [0.05, 0.1) is 0 Å². The highest BCUT2D eigenvalue weighted by molar-refractivity contribution is 7.99. The van der Waals surface area contributed by atoms with Crippen LogP contribution in [-0.2, 0) is 0 Å². The Morgan fingerprint density at radius 2 is 1.84 bits per heavy atom. The Labute approximate surface area is 123 Å². The van der Waals surface area contributed by atoms with Crippen molar-refractivity contribution in [2.75, 3.05) is 25.1 Å². The molecule has 0 spiro atoms. The van der Waals surface area contributed by atoms with E-state index in [1.807, 2.05) is 0 Å². The summed E-state index contributed by atoms with van der Waals surface area (Å²) in [6, 6.07) is 0.764. The molecule has 1 aliphatic carbocycles. The van der Waals surface area contributed by atoms with Crippen LogP contribution in [0, 0.1) is 11.3 Å². The second-order valence-electron chi connectivity index (χ2n) is 7.70. The van der Waals surface area contributed by atoms with E-state index in [1.165, 1.54) is 43.6 Å². The minimum absolute atomic E-state index is 0.289. The minimum Gasteiger partial charge on any atom is -0.329 e. The average molecular weight is 285 g/mol. The zero-order valence-electron chi connectivity index (χ0n) is 13.2. The van der Waals surface area contributed by atoms with Gasteiger partial charge in [-0.1, -0.05) is 20.8 Å². The monoisotopic (exact) mass is 284 g/mol. The zero-order valence-corrected chi connectivity index (χ0v) is 14.1. The Morgan fingerprint density at radius 3 is 2.26 bits per heavy atom. The van der Waals surface area contributed by atoms with Crippen LogP contribution in [0.3, 0.4) is 0 Å². The van der Waals surface area contributed by atoms with Crippen LogP contribution in [-0.4, -0.2) is 41.6 Å². The van der Waals surface area contributed by atoms with Crippen LogP contribution >= 0.6 is 11.8 Å². The summed E-state index contributed by atoms with van der Waals surface area (Å²) in [5.41, 5.74) is 6.96. The molecule has 0 bridgehead atoms. The molecule has 112 valence electrons. The van der Waals surface area contributed by atoms with Gasteiger partial charge in [-0.25, -0.2) is 0 Å². The summed E-state index contributed by atoms with van der Waals surface area (Å²) in [7, 11) is 2.33. The fraction of sp³-hybridized carbons (Fsp3) is 1.00. The van der Waals surface area contributed by atoms with E-state index in [0.29, 0.717) is 5.41 Å². The van der Waals surface area contributed by atoms with Crippen LogP contribution in [0.5, 0.6) is 0 Å². The molecule has 2 rings (SSSR count). The minimum atomic E-state index is 0.289. The smallest absolute Gasteiger partial charge is 0.0332 e. The van der Waals surface area contributed by atoms with E-state index in [1.54, 1.807) is 0 Å². The highest BCUT2D eigenvalue weighted by atomic mass is 32.2. The van der Waals surface area contributed by atoms with Crippen LogP contribution in [0.15, 0.2) is 0 Å². The maximum Gasteiger partial charge on any atom is 0.0332 e. The summed E-state index contributed by atoms with van der Waals surface area (Å²) in [4.78, 5) is 2.66. The van der Waals surface area contributed by atoms with Crippen molar-refractivity contribution >= 4 is 11.8 Å². The molecule has 0 aromatic carbocycles. The van der Waals surface area contributed by atoms with Gasteiger partial charge in [-0.3, -0.25) is 4.90 Å². The molecule has 0 aromatic rings. The van der Waals surface area contributed by atoms with E-state index in [4.69, 9.17) is 5.73 Å². The van der Waals surface area contributed by atoms with Crippen LogP contribution < -0.4 is 5.73 Å². The van der Waals surface area contributed by atoms with Crippen molar-refractivity contribution in [3.8, 4) is 0 Å². The summed E-state index contributed by atoms with van der Waals surface area (Å²) in [6.45, 7) is 8.01. The quantitative estimate of drug-likeness (QED) is 0.861. The molecule has 2 aliphatic rings. The Bertz CT molecular complexity index is 284. The number of thioether (sulfide) groups is 1. The first kappa shape index (κ1) is 15.7. The Kier molecular flexibility index (Phi) is 4.90. The van der Waals surface area contributed by atoms with Gasteiger partial charge >= 0.3 is 0 Å². The van der Waals surface area contributed by atoms with Crippen molar-refractivity contribution in [1.82, 2.24) is 4.90 Å². The number of rotatable bonds is 3. The third-order valence-electron chi connectivity index (χ3n) is 5.72. The number of nitrogens with zero attached hydrogens (tertiary/aromatic N) is 1. The molecule has 1 saturated heterocycles. The fourth-order valence-electron chi connectivity index (χ4n) is 3.94. The molecule has 1 aliphatic heterocycles. The standard InChI is InChI=1S/C16H32N2S/c1-15(2,3)13-5-8-16(12-17,9-6-13)18(4)14-7-10-19-11-14/h13-14H,5-12,17H2,1-4H3. The summed E-state index contributed by atoms with van der Waals surface area (Å²) < 4.78 is 0. The predicted molar refractivity (Wildman–Crippen MR) is 86.7 cm³/mol. The summed E-state index contributed by atoms with van der Waals surface area (Å²) in [5, 5.41) is 0. The maximum absolute atomic E-state index is 6.21. The molecule has 1 saturated carbocycles. The van der Waals surface area contributed by atoms with E-state index in [2.05, 4.69) is 44.5 Å². The van der Waals surface area contributed by atoms with Gasteiger partial charge in [-0.05, 0) is 56.2 Å². The molecular formula is C16H32N2S. The van der Waals surface area contributed by atoms with Crippen LogP contribution in [0.2, 0.25) is 0 Å². The van der Waals surface area contributed by atoms with E-state index in [0.717, 1.165) is 18.5 Å². The molecule has 1 atom stereocenters. The molecule has 2 N–H and O–H groups in total. The molecular weight excluding hydrogens is 252 g/mol. The summed E-state index contributed by atoms with van der Waals surface area (Å²) in [6.07, 6.45) is 6.65. The lowest BCUT2D eigenvalue weighted by Gasteiger charge is -2.50. The third-order valence-corrected chi connectivity index (χ3v) is 6.87. The van der Waals surface area contributed by atoms with Gasteiger partial charge in [0, 0.05) is 23.9 Å². The Balaban J connectivity index is 2.00. The molecule has 1 heterocycles. The van der Waals surface area contributed by atoms with Crippen molar-refractivity contribution in [2.45, 2.75) is 64.5 Å². The summed E-state index contributed by atoms with van der Waals surface area (Å²) in [5.74, 6) is 3.51. The van der Waals surface area contributed by atoms with Gasteiger partial charge in [-0.15, -0.1) is 0 Å². The van der Waals surface area contributed by atoms with Gasteiger partial charge in [0.25, 0.3) is 0 Å². The molecule has 1 unspecified atom stereocenters. The Morgan fingerprint density at radius 1 is 1.21 bits per heavy atom. The maximum atomic E-state index is 6.21. The van der Waals surface area contributed by atoms with Crippen molar-refractivity contribution in [2.24, 2.45) is 17.1 Å². The van der Waals surface area contributed by atoms with E-state index in [9.17, 15) is 0 Å². The molecule has 0 aromatic heterocycles. The highest BCUT2D eigenvalue weighted by Gasteiger charge is 2.42. The van der Waals surface area contributed by atoms with Gasteiger partial charge in [0.2, 0.25) is 0 Å². The van der Waals surface area contributed by atoms with Gasteiger partial charge < -0.3 is 5.73 Å². The number of hydrogen-bond acceptors (Lipinski definition) is 3. The first-order valence-electron chi connectivity index (χ1n) is 7.90. The van der Waals surface area contributed by atoms with E-state index < -0.39 is 0 Å². The van der Waals surface area contributed by atoms with Gasteiger partial charge in [-0.2, -0.15) is 11.8 Å². The van der Waals surface area contributed by atoms with Crippen LogP contribution in [0.1, 0.15) is 52.9 Å². The van der Waals surface area contributed by atoms with E-state index >= 15 is 0 Å². The van der Waals surface area contributed by atoms with Crippen molar-refractivity contribution in [3.63, 3.8) is 0 Å². The molecule has 0 radical (unpaired) electrons. The largest absolute Gasteiger partial charge is 0.329 e. The number of likely N-dealkylation sites (N-methyl/N-ethyl adjacent to an activating group) is 1. The van der Waals surface area contributed by atoms with Crippen molar-refractivity contribution in [1.29, 1.82) is 0 Å². The molecule has 3 heteroatoms. The first-order valence-corrected chi connectivity index (χ1v) is 9.05. The zero-order chi connectivity index (χ0) is 14.1. The normalized spacial score (nSPS) is 36.9. The van der Waals surface area contributed by atoms with Gasteiger partial charge in [0.1, 0.15) is 0 Å². The molecule has 19 heavy (non-hydrogen) atoms. The van der Waals surface area contributed by atoms with E-state index in [-0.39, 0.29) is 5.54 Å². The van der Waals surface area contributed by atoms with Crippen LogP contribution in [0.4, 0.5) is 0 Å². The molecule has 2 fully saturated rings. The lowest BCUT2D eigenvalue weighted by molar-refractivity contribution is 0.0177. The summed E-state index contributed by atoms with van der Waals surface area (Å²) >= 11 is 2.11. The van der Waals surface area contributed by atoms with Crippen molar-refractivity contribution < 1.29 is 0 Å². The lowest BCUT2D eigenvalue weighted by atomic mass is 9.66. The molecule has 0 amide bonds. The average Bonchev–Trinajstić information content (AvgIpc) is 2.90.